The van der Waals surface area contributed by atoms with Crippen molar-refractivity contribution in [3.63, 3.8) is 0 Å². The Kier molecular flexibility index (Phi) is 5.62. The number of hydrogen-bond donors (Lipinski definition) is 1. The fourth-order valence-corrected chi connectivity index (χ4v) is 2.77. The van der Waals surface area contributed by atoms with Crippen LogP contribution in [0.15, 0.2) is 60.9 Å². The molecule has 0 spiro atoms. The quantitative estimate of drug-likeness (QED) is 0.444. The van der Waals surface area contributed by atoms with E-state index in [4.69, 9.17) is 0 Å². The molecule has 3 rings (SSSR count). The van der Waals surface area contributed by atoms with Gasteiger partial charge in [-0.15, -0.1) is 0 Å². The molecule has 0 saturated heterocycles. The van der Waals surface area contributed by atoms with Crippen LogP contribution in [0.4, 0.5) is 41.9 Å². The van der Waals surface area contributed by atoms with Crippen molar-refractivity contribution in [1.82, 2.24) is 9.97 Å². The Hall–Kier alpha value is -3.69. The maximum atomic E-state index is 12.7. The highest BCUT2D eigenvalue weighted by atomic mass is 19.4. The van der Waals surface area contributed by atoms with Crippen molar-refractivity contribution in [3.05, 3.63) is 76.6 Å². The minimum Gasteiger partial charge on any atom is -0.334 e. The predicted octanol–water partition coefficient (Wildman–Crippen LogP) is 5.31. The molecule has 0 unspecified atom stereocenters. The lowest BCUT2D eigenvalue weighted by atomic mass is 10.2. The van der Waals surface area contributed by atoms with E-state index in [0.717, 1.165) is 12.1 Å². The van der Waals surface area contributed by atoms with Crippen LogP contribution in [0.5, 0.6) is 0 Å². The number of alkyl halides is 3. The zero-order valence-corrected chi connectivity index (χ0v) is 15.2. The Labute approximate surface area is 164 Å². The normalized spacial score (nSPS) is 11.2. The molecule has 1 heterocycles. The summed E-state index contributed by atoms with van der Waals surface area (Å²) < 4.78 is 38.2. The molecule has 29 heavy (non-hydrogen) atoms. The molecule has 0 aliphatic rings. The van der Waals surface area contributed by atoms with Gasteiger partial charge in [-0.25, -0.2) is 9.97 Å². The predicted molar refractivity (Wildman–Crippen MR) is 103 cm³/mol. The molecule has 0 saturated carbocycles. The molecule has 7 nitrogen and oxygen atoms in total. The molecule has 1 N–H and O–H groups in total. The van der Waals surface area contributed by atoms with Crippen molar-refractivity contribution in [3.8, 4) is 0 Å². The topological polar surface area (TPSA) is 84.2 Å². The van der Waals surface area contributed by atoms with E-state index in [0.29, 0.717) is 12.2 Å². The molecule has 0 aliphatic heterocycles. The van der Waals surface area contributed by atoms with E-state index >= 15 is 0 Å². The third kappa shape index (κ3) is 4.42. The van der Waals surface area contributed by atoms with Crippen molar-refractivity contribution in [2.24, 2.45) is 0 Å². The van der Waals surface area contributed by atoms with Gasteiger partial charge in [0.25, 0.3) is 0 Å². The van der Waals surface area contributed by atoms with Gasteiger partial charge in [0.05, 0.1) is 10.5 Å². The van der Waals surface area contributed by atoms with Crippen LogP contribution in [-0.4, -0.2) is 21.4 Å². The molecular weight excluding hydrogens is 387 g/mol. The number of hydrogen-bond acceptors (Lipinski definition) is 6. The highest BCUT2D eigenvalue weighted by Crippen LogP contribution is 2.37. The average molecular weight is 403 g/mol. The smallest absolute Gasteiger partial charge is 0.334 e. The van der Waals surface area contributed by atoms with E-state index in [-0.39, 0.29) is 23.0 Å². The van der Waals surface area contributed by atoms with Gasteiger partial charge in [0.15, 0.2) is 0 Å². The minimum absolute atomic E-state index is 0.0770. The van der Waals surface area contributed by atoms with E-state index in [2.05, 4.69) is 15.3 Å². The van der Waals surface area contributed by atoms with Crippen molar-refractivity contribution in [2.75, 3.05) is 16.8 Å². The number of nitrogens with one attached hydrogen (secondary N) is 1. The van der Waals surface area contributed by atoms with Gasteiger partial charge in [-0.2, -0.15) is 13.2 Å². The van der Waals surface area contributed by atoms with Gasteiger partial charge >= 0.3 is 11.9 Å². The van der Waals surface area contributed by atoms with Crippen LogP contribution in [0, 0.1) is 10.1 Å². The Morgan fingerprint density at radius 1 is 1.07 bits per heavy atom. The second kappa shape index (κ2) is 8.13. The number of halogens is 3. The first-order chi connectivity index (χ1) is 13.8. The minimum atomic E-state index is -4.47. The summed E-state index contributed by atoms with van der Waals surface area (Å²) in [6, 6.07) is 13.1. The second-order valence-electron chi connectivity index (χ2n) is 5.93. The molecule has 0 aliphatic carbocycles. The number of rotatable bonds is 6. The Morgan fingerprint density at radius 2 is 1.72 bits per heavy atom. The lowest BCUT2D eigenvalue weighted by Gasteiger charge is -2.22. The standard InChI is InChI=1S/C19H16F3N5O2/c1-2-26(15-6-4-3-5-7-15)18-16(27(28)29)17(23-12-24-18)25-14-10-8-13(9-11-14)19(20,21)22/h3-12H,2H2,1H3,(H,23,24,25). The number of para-hydroxylation sites is 1. The highest BCUT2D eigenvalue weighted by Gasteiger charge is 2.30. The first-order valence-electron chi connectivity index (χ1n) is 8.57. The van der Waals surface area contributed by atoms with Crippen LogP contribution < -0.4 is 10.2 Å². The van der Waals surface area contributed by atoms with Crippen molar-refractivity contribution < 1.29 is 18.1 Å². The van der Waals surface area contributed by atoms with E-state index in [1.807, 2.05) is 13.0 Å². The summed E-state index contributed by atoms with van der Waals surface area (Å²) in [4.78, 5) is 20.8. The van der Waals surface area contributed by atoms with E-state index < -0.39 is 16.7 Å². The average Bonchev–Trinajstić information content (AvgIpc) is 2.69. The number of nitrogens with zero attached hydrogens (tertiary/aromatic N) is 4. The largest absolute Gasteiger partial charge is 0.416 e. The summed E-state index contributed by atoms with van der Waals surface area (Å²) in [5, 5.41) is 14.5. The molecular formula is C19H16F3N5O2. The summed E-state index contributed by atoms with van der Waals surface area (Å²) in [6.45, 7) is 2.23. The maximum Gasteiger partial charge on any atom is 0.416 e. The number of benzene rings is 2. The molecule has 1 aromatic heterocycles. The molecule has 0 bridgehead atoms. The zero-order chi connectivity index (χ0) is 21.0. The van der Waals surface area contributed by atoms with Gasteiger partial charge in [0.1, 0.15) is 6.33 Å². The summed E-state index contributed by atoms with van der Waals surface area (Å²) in [5.74, 6) is -0.0396. The fraction of sp³-hybridized carbons (Fsp3) is 0.158. The third-order valence-corrected chi connectivity index (χ3v) is 4.10. The Bertz CT molecular complexity index is 995. The molecule has 150 valence electrons. The van der Waals surface area contributed by atoms with Crippen molar-refractivity contribution in [2.45, 2.75) is 13.1 Å². The van der Waals surface area contributed by atoms with Crippen LogP contribution in [0.3, 0.4) is 0 Å². The van der Waals surface area contributed by atoms with Crippen LogP contribution in [0.1, 0.15) is 12.5 Å². The molecule has 0 fully saturated rings. The van der Waals surface area contributed by atoms with Gasteiger partial charge in [-0.05, 0) is 43.3 Å². The zero-order valence-electron chi connectivity index (χ0n) is 15.2. The lowest BCUT2D eigenvalue weighted by molar-refractivity contribution is -0.383. The van der Waals surface area contributed by atoms with Gasteiger partial charge < -0.3 is 10.2 Å². The second-order valence-corrected chi connectivity index (χ2v) is 5.93. The van der Waals surface area contributed by atoms with Crippen LogP contribution in [0.25, 0.3) is 0 Å². The summed E-state index contributed by atoms with van der Waals surface area (Å²) in [7, 11) is 0. The van der Waals surface area contributed by atoms with E-state index in [1.54, 1.807) is 29.2 Å². The van der Waals surface area contributed by atoms with Crippen LogP contribution >= 0.6 is 0 Å². The van der Waals surface area contributed by atoms with E-state index in [9.17, 15) is 23.3 Å². The maximum absolute atomic E-state index is 12.7. The van der Waals surface area contributed by atoms with Crippen LogP contribution in [-0.2, 0) is 6.18 Å². The van der Waals surface area contributed by atoms with Crippen molar-refractivity contribution >= 4 is 28.7 Å². The molecule has 10 heteroatoms. The number of aromatic nitrogens is 2. The molecule has 0 radical (unpaired) electrons. The van der Waals surface area contributed by atoms with Gasteiger partial charge in [-0.1, -0.05) is 18.2 Å². The third-order valence-electron chi connectivity index (χ3n) is 4.10. The molecule has 0 amide bonds. The van der Waals surface area contributed by atoms with Crippen LogP contribution in [0.2, 0.25) is 0 Å². The molecule has 3 aromatic rings. The summed E-state index contributed by atoms with van der Waals surface area (Å²) in [5.41, 5.74) is -0.258. The number of anilines is 4. The highest BCUT2D eigenvalue weighted by molar-refractivity contribution is 5.78. The van der Waals surface area contributed by atoms with Gasteiger partial charge in [0.2, 0.25) is 11.6 Å². The first-order valence-corrected chi connectivity index (χ1v) is 8.57. The monoisotopic (exact) mass is 403 g/mol. The van der Waals surface area contributed by atoms with Gasteiger partial charge in [0, 0.05) is 17.9 Å². The fourth-order valence-electron chi connectivity index (χ4n) is 2.77. The summed E-state index contributed by atoms with van der Waals surface area (Å²) in [6.07, 6.45) is -3.30. The molecule has 2 aromatic carbocycles. The Balaban J connectivity index is 2.00. The molecule has 0 atom stereocenters. The summed E-state index contributed by atoms with van der Waals surface area (Å²) >= 11 is 0. The Morgan fingerprint density at radius 3 is 2.28 bits per heavy atom. The van der Waals surface area contributed by atoms with Crippen molar-refractivity contribution in [1.29, 1.82) is 0 Å². The van der Waals surface area contributed by atoms with E-state index in [1.165, 1.54) is 18.5 Å². The number of nitro groups is 1. The lowest BCUT2D eigenvalue weighted by Crippen LogP contribution is -2.19. The first kappa shape index (κ1) is 20.1. The SMILES string of the molecule is CCN(c1ccccc1)c1ncnc(Nc2ccc(C(F)(F)F)cc2)c1[N+](=O)[O-]. The van der Waals surface area contributed by atoms with Gasteiger partial charge in [-0.3, -0.25) is 10.1 Å².